The number of rotatable bonds is 9. The summed E-state index contributed by atoms with van der Waals surface area (Å²) >= 11 is 0. The Morgan fingerprint density at radius 1 is 0.933 bits per heavy atom. The highest BCUT2D eigenvalue weighted by Crippen LogP contribution is 2.61. The highest BCUT2D eigenvalue weighted by molar-refractivity contribution is 5.95. The molecule has 1 atom stereocenters. The van der Waals surface area contributed by atoms with Crippen molar-refractivity contribution in [1.82, 2.24) is 5.32 Å². The molecular weight excluding hydrogens is 378 g/mol. The van der Waals surface area contributed by atoms with Crippen molar-refractivity contribution in [3.63, 3.8) is 0 Å². The second kappa shape index (κ2) is 8.68. The predicted octanol–water partition coefficient (Wildman–Crippen LogP) is 5.22. The molecule has 0 heterocycles. The first-order chi connectivity index (χ1) is 14.5. The maximum Gasteiger partial charge on any atom is 0.251 e. The molecule has 0 spiro atoms. The van der Waals surface area contributed by atoms with Crippen LogP contribution in [-0.2, 0) is 0 Å². The van der Waals surface area contributed by atoms with Gasteiger partial charge >= 0.3 is 0 Å². The molecule has 5 nitrogen and oxygen atoms in total. The fourth-order valence-electron chi connectivity index (χ4n) is 6.66. The van der Waals surface area contributed by atoms with Gasteiger partial charge in [-0.05, 0) is 102 Å². The van der Waals surface area contributed by atoms with Crippen LogP contribution in [-0.4, -0.2) is 31.8 Å². The Bertz CT molecular complexity index is 712. The molecular formula is C25H37NO4. The van der Waals surface area contributed by atoms with E-state index in [2.05, 4.69) is 12.2 Å². The zero-order valence-electron chi connectivity index (χ0n) is 19.0. The van der Waals surface area contributed by atoms with Crippen molar-refractivity contribution in [1.29, 1.82) is 0 Å². The lowest BCUT2D eigenvalue weighted by Crippen LogP contribution is -2.55. The highest BCUT2D eigenvalue weighted by Gasteiger charge is 2.53. The van der Waals surface area contributed by atoms with Crippen molar-refractivity contribution < 1.29 is 19.0 Å². The van der Waals surface area contributed by atoms with Crippen molar-refractivity contribution in [2.45, 2.75) is 72.3 Å². The largest absolute Gasteiger partial charge is 0.490 e. The Morgan fingerprint density at radius 3 is 1.83 bits per heavy atom. The maximum absolute atomic E-state index is 13.3. The van der Waals surface area contributed by atoms with E-state index in [1.165, 1.54) is 38.5 Å². The van der Waals surface area contributed by atoms with Crippen LogP contribution in [0.15, 0.2) is 12.1 Å². The fraction of sp³-hybridized carbons (Fsp3) is 0.720. The minimum atomic E-state index is -0.0526. The summed E-state index contributed by atoms with van der Waals surface area (Å²) in [6, 6.07) is 3.76. The second-order valence-corrected chi connectivity index (χ2v) is 9.58. The molecule has 5 rings (SSSR count). The topological polar surface area (TPSA) is 56.8 Å². The van der Waals surface area contributed by atoms with Crippen molar-refractivity contribution >= 4 is 5.91 Å². The van der Waals surface area contributed by atoms with Crippen LogP contribution in [0.2, 0.25) is 0 Å². The van der Waals surface area contributed by atoms with E-state index in [0.29, 0.717) is 42.6 Å². The number of carbonyl (C=O) groups is 1. The van der Waals surface area contributed by atoms with Crippen molar-refractivity contribution in [2.24, 2.45) is 23.2 Å². The van der Waals surface area contributed by atoms with Crippen LogP contribution in [0.4, 0.5) is 0 Å². The Hall–Kier alpha value is -1.91. The average molecular weight is 416 g/mol. The zero-order valence-corrected chi connectivity index (χ0v) is 19.0. The number of hydrogen-bond acceptors (Lipinski definition) is 4. The number of nitrogens with one attached hydrogen (secondary N) is 1. The van der Waals surface area contributed by atoms with E-state index in [4.69, 9.17) is 14.2 Å². The first-order valence-corrected chi connectivity index (χ1v) is 11.8. The minimum absolute atomic E-state index is 0.0526. The number of amides is 1. The molecule has 1 aromatic carbocycles. The van der Waals surface area contributed by atoms with Gasteiger partial charge in [-0.15, -0.1) is 0 Å². The Kier molecular flexibility index (Phi) is 6.17. The number of ether oxygens (including phenoxy) is 3. The van der Waals surface area contributed by atoms with Crippen LogP contribution in [0.5, 0.6) is 17.2 Å². The Morgan fingerprint density at radius 2 is 1.40 bits per heavy atom. The third-order valence-corrected chi connectivity index (χ3v) is 7.52. The molecule has 1 amide bonds. The van der Waals surface area contributed by atoms with E-state index in [-0.39, 0.29) is 17.4 Å². The third kappa shape index (κ3) is 4.00. The monoisotopic (exact) mass is 415 g/mol. The van der Waals surface area contributed by atoms with E-state index in [1.54, 1.807) is 12.1 Å². The van der Waals surface area contributed by atoms with Crippen LogP contribution in [0.25, 0.3) is 0 Å². The van der Waals surface area contributed by atoms with E-state index >= 15 is 0 Å². The van der Waals surface area contributed by atoms with Crippen LogP contribution in [0.3, 0.4) is 0 Å². The first kappa shape index (κ1) is 21.3. The highest BCUT2D eigenvalue weighted by atomic mass is 16.5. The summed E-state index contributed by atoms with van der Waals surface area (Å²) in [5.41, 5.74) is 0.850. The van der Waals surface area contributed by atoms with E-state index in [0.717, 1.165) is 17.8 Å². The molecule has 0 saturated heterocycles. The van der Waals surface area contributed by atoms with Gasteiger partial charge in [-0.3, -0.25) is 4.79 Å². The maximum atomic E-state index is 13.3. The van der Waals surface area contributed by atoms with Crippen molar-refractivity contribution in [3.8, 4) is 17.2 Å². The molecule has 4 fully saturated rings. The molecule has 0 radical (unpaired) electrons. The van der Waals surface area contributed by atoms with Crippen molar-refractivity contribution in [3.05, 3.63) is 17.7 Å². The van der Waals surface area contributed by atoms with Crippen LogP contribution < -0.4 is 19.5 Å². The molecule has 4 saturated carbocycles. The lowest BCUT2D eigenvalue weighted by Gasteiger charge is -2.59. The van der Waals surface area contributed by atoms with Gasteiger partial charge in [0.1, 0.15) is 0 Å². The van der Waals surface area contributed by atoms with Crippen LogP contribution >= 0.6 is 0 Å². The van der Waals surface area contributed by atoms with Crippen LogP contribution in [0, 0.1) is 23.2 Å². The second-order valence-electron chi connectivity index (χ2n) is 9.58. The molecule has 30 heavy (non-hydrogen) atoms. The summed E-state index contributed by atoms with van der Waals surface area (Å²) in [4.78, 5) is 13.3. The Balaban J connectivity index is 1.55. The predicted molar refractivity (Wildman–Crippen MR) is 117 cm³/mol. The molecule has 4 bridgehead atoms. The summed E-state index contributed by atoms with van der Waals surface area (Å²) in [6.45, 7) is 9.51. The summed E-state index contributed by atoms with van der Waals surface area (Å²) in [7, 11) is 0. The summed E-state index contributed by atoms with van der Waals surface area (Å²) in [6.07, 6.45) is 8.06. The first-order valence-electron chi connectivity index (χ1n) is 11.8. The molecule has 0 aromatic heterocycles. The third-order valence-electron chi connectivity index (χ3n) is 7.52. The fourth-order valence-corrected chi connectivity index (χ4v) is 6.66. The zero-order chi connectivity index (χ0) is 21.3. The molecule has 1 N–H and O–H groups in total. The van der Waals surface area contributed by atoms with Gasteiger partial charge in [-0.25, -0.2) is 0 Å². The minimum Gasteiger partial charge on any atom is -0.490 e. The van der Waals surface area contributed by atoms with E-state index in [1.807, 2.05) is 20.8 Å². The summed E-state index contributed by atoms with van der Waals surface area (Å²) < 4.78 is 17.3. The Labute approximate surface area is 180 Å². The molecule has 1 aromatic rings. The molecule has 4 aliphatic rings. The normalized spacial score (nSPS) is 30.1. The standard InChI is InChI=1S/C25H37NO4/c1-5-28-21-11-20(12-22(29-6-2)23(21)30-7-3)24(27)26-16(4)25-13-17-8-18(14-25)10-19(9-17)15-25/h11-12,16-19H,5-10,13-15H2,1-4H3,(H,26,27)/t16-,17?,18?,19?,25?/m1/s1. The van der Waals surface area contributed by atoms with Crippen molar-refractivity contribution in [2.75, 3.05) is 19.8 Å². The van der Waals surface area contributed by atoms with Gasteiger partial charge in [0.05, 0.1) is 19.8 Å². The smallest absolute Gasteiger partial charge is 0.251 e. The lowest BCUT2D eigenvalue weighted by atomic mass is 9.48. The lowest BCUT2D eigenvalue weighted by molar-refractivity contribution is -0.0688. The SMILES string of the molecule is CCOc1cc(C(=O)N[C@H](C)C23CC4CC(CC(C4)C2)C3)cc(OCC)c1OCC. The molecule has 4 aliphatic carbocycles. The van der Waals surface area contributed by atoms with Gasteiger partial charge < -0.3 is 19.5 Å². The molecule has 5 heteroatoms. The van der Waals surface area contributed by atoms with Gasteiger partial charge in [0.25, 0.3) is 5.91 Å². The summed E-state index contributed by atoms with van der Waals surface area (Å²) in [5.74, 6) is 4.27. The summed E-state index contributed by atoms with van der Waals surface area (Å²) in [5, 5.41) is 3.35. The van der Waals surface area contributed by atoms with Gasteiger partial charge in [0.2, 0.25) is 5.75 Å². The van der Waals surface area contributed by atoms with Gasteiger partial charge in [-0.1, -0.05) is 0 Å². The van der Waals surface area contributed by atoms with Gasteiger partial charge in [-0.2, -0.15) is 0 Å². The van der Waals surface area contributed by atoms with E-state index < -0.39 is 0 Å². The number of hydrogen-bond donors (Lipinski definition) is 1. The van der Waals surface area contributed by atoms with Gasteiger partial charge in [0.15, 0.2) is 11.5 Å². The molecule has 0 aliphatic heterocycles. The van der Waals surface area contributed by atoms with E-state index in [9.17, 15) is 4.79 Å². The average Bonchev–Trinajstić information content (AvgIpc) is 2.69. The van der Waals surface area contributed by atoms with Crippen LogP contribution in [0.1, 0.15) is 76.6 Å². The number of benzene rings is 1. The molecule has 166 valence electrons. The number of carbonyl (C=O) groups excluding carboxylic acids is 1. The molecule has 0 unspecified atom stereocenters. The van der Waals surface area contributed by atoms with Gasteiger partial charge in [0, 0.05) is 11.6 Å². The quantitative estimate of drug-likeness (QED) is 0.601.